The lowest BCUT2D eigenvalue weighted by Crippen LogP contribution is -2.16. The molecule has 0 N–H and O–H groups in total. The zero-order chi connectivity index (χ0) is 13.0. The lowest BCUT2D eigenvalue weighted by atomic mass is 10.1. The molecule has 6 heteroatoms. The van der Waals surface area contributed by atoms with Gasteiger partial charge in [-0.25, -0.2) is 0 Å². The van der Waals surface area contributed by atoms with Crippen molar-refractivity contribution in [1.82, 2.24) is 10.1 Å². The molecule has 0 spiro atoms. The molecule has 0 aromatic carbocycles. The summed E-state index contributed by atoms with van der Waals surface area (Å²) >= 11 is 3.88. The van der Waals surface area contributed by atoms with Crippen LogP contribution < -0.4 is 0 Å². The Balaban J connectivity index is 2.03. The molecule has 1 saturated heterocycles. The van der Waals surface area contributed by atoms with E-state index in [9.17, 15) is 0 Å². The Kier molecular flexibility index (Phi) is 4.95. The summed E-state index contributed by atoms with van der Waals surface area (Å²) in [6.45, 7) is 4.25. The smallest absolute Gasteiger partial charge is 0.229 e. The second-order valence-electron chi connectivity index (χ2n) is 4.46. The largest absolute Gasteiger partial charge is 0.339 e. The summed E-state index contributed by atoms with van der Waals surface area (Å²) < 4.78 is 5.33. The first-order valence-corrected chi connectivity index (χ1v) is 8.25. The molecule has 0 aliphatic carbocycles. The van der Waals surface area contributed by atoms with Gasteiger partial charge in [-0.15, -0.1) is 11.8 Å². The Morgan fingerprint density at radius 2 is 2.28 bits per heavy atom. The Morgan fingerprint density at radius 3 is 3.00 bits per heavy atom. The van der Waals surface area contributed by atoms with Crippen LogP contribution in [-0.4, -0.2) is 26.9 Å². The highest BCUT2D eigenvalue weighted by atomic mass is 32.2. The van der Waals surface area contributed by atoms with Gasteiger partial charge in [0.15, 0.2) is 5.82 Å². The van der Waals surface area contributed by atoms with Gasteiger partial charge in [-0.1, -0.05) is 19.0 Å². The molecule has 2 heterocycles. The number of nitriles is 1. The summed E-state index contributed by atoms with van der Waals surface area (Å²) in [5.74, 6) is 4.00. The first-order chi connectivity index (χ1) is 8.72. The molecule has 0 bridgehead atoms. The van der Waals surface area contributed by atoms with E-state index < -0.39 is 0 Å². The van der Waals surface area contributed by atoms with Gasteiger partial charge in [0.1, 0.15) is 0 Å². The van der Waals surface area contributed by atoms with Crippen LogP contribution in [0, 0.1) is 11.3 Å². The molecule has 0 amide bonds. The van der Waals surface area contributed by atoms with Crippen molar-refractivity contribution in [2.24, 2.45) is 0 Å². The minimum atomic E-state index is 0.169. The van der Waals surface area contributed by atoms with E-state index in [1.54, 1.807) is 0 Å². The molecule has 1 aliphatic rings. The van der Waals surface area contributed by atoms with Gasteiger partial charge in [0, 0.05) is 29.1 Å². The lowest BCUT2D eigenvalue weighted by Gasteiger charge is -2.24. The van der Waals surface area contributed by atoms with Crippen LogP contribution in [-0.2, 0) is 0 Å². The summed E-state index contributed by atoms with van der Waals surface area (Å²) in [6.07, 6.45) is 1.31. The maximum Gasteiger partial charge on any atom is 0.229 e. The Hall–Kier alpha value is -0.670. The molecule has 3 atom stereocenters. The molecular formula is C12H17N3OS2. The zero-order valence-corrected chi connectivity index (χ0v) is 12.3. The molecule has 2 rings (SSSR count). The van der Waals surface area contributed by atoms with Crippen LogP contribution >= 0.6 is 23.5 Å². The van der Waals surface area contributed by atoms with E-state index in [-0.39, 0.29) is 5.92 Å². The predicted octanol–water partition coefficient (Wildman–Crippen LogP) is 3.39. The summed E-state index contributed by atoms with van der Waals surface area (Å²) in [4.78, 5) is 4.52. The third-order valence-corrected chi connectivity index (χ3v) is 6.10. The highest BCUT2D eigenvalue weighted by Gasteiger charge is 2.29. The van der Waals surface area contributed by atoms with E-state index in [1.807, 2.05) is 30.4 Å². The van der Waals surface area contributed by atoms with Crippen LogP contribution in [0.2, 0.25) is 0 Å². The summed E-state index contributed by atoms with van der Waals surface area (Å²) in [6, 6.07) is 2.15. The fraction of sp³-hybridized carbons (Fsp3) is 0.750. The van der Waals surface area contributed by atoms with E-state index in [0.29, 0.717) is 22.8 Å². The van der Waals surface area contributed by atoms with E-state index in [1.165, 1.54) is 5.75 Å². The number of thioether (sulfide) groups is 2. The van der Waals surface area contributed by atoms with E-state index in [0.717, 1.165) is 18.0 Å². The molecule has 98 valence electrons. The molecular weight excluding hydrogens is 266 g/mol. The minimum Gasteiger partial charge on any atom is -0.339 e. The second kappa shape index (κ2) is 6.48. The van der Waals surface area contributed by atoms with Gasteiger partial charge < -0.3 is 4.52 Å². The predicted molar refractivity (Wildman–Crippen MR) is 74.7 cm³/mol. The van der Waals surface area contributed by atoms with Crippen molar-refractivity contribution in [3.05, 3.63) is 11.7 Å². The minimum absolute atomic E-state index is 0.169. The third-order valence-electron chi connectivity index (χ3n) is 3.01. The van der Waals surface area contributed by atoms with Crippen molar-refractivity contribution < 1.29 is 4.52 Å². The van der Waals surface area contributed by atoms with Crippen LogP contribution in [0.1, 0.15) is 49.6 Å². The average molecular weight is 283 g/mol. The first-order valence-electron chi connectivity index (χ1n) is 6.16. The van der Waals surface area contributed by atoms with Gasteiger partial charge in [0.05, 0.1) is 11.3 Å². The van der Waals surface area contributed by atoms with Crippen molar-refractivity contribution >= 4 is 23.5 Å². The van der Waals surface area contributed by atoms with Crippen molar-refractivity contribution in [2.45, 2.75) is 43.1 Å². The van der Waals surface area contributed by atoms with Crippen molar-refractivity contribution in [1.29, 1.82) is 5.26 Å². The third kappa shape index (κ3) is 3.21. The number of hydrogen-bond acceptors (Lipinski definition) is 6. The van der Waals surface area contributed by atoms with Gasteiger partial charge in [-0.05, 0) is 6.42 Å². The Labute approximate surface area is 116 Å². The van der Waals surface area contributed by atoms with Crippen molar-refractivity contribution in [2.75, 3.05) is 11.5 Å². The summed E-state index contributed by atoms with van der Waals surface area (Å²) in [5.41, 5.74) is 0. The Morgan fingerprint density at radius 1 is 1.50 bits per heavy atom. The van der Waals surface area contributed by atoms with E-state index in [2.05, 4.69) is 23.1 Å². The van der Waals surface area contributed by atoms with Crippen molar-refractivity contribution in [3.8, 4) is 6.07 Å². The second-order valence-corrected chi connectivity index (χ2v) is 7.19. The van der Waals surface area contributed by atoms with Gasteiger partial charge in [-0.2, -0.15) is 22.0 Å². The van der Waals surface area contributed by atoms with Gasteiger partial charge in [0.2, 0.25) is 5.89 Å². The molecule has 1 aromatic rings. The molecule has 1 aromatic heterocycles. The topological polar surface area (TPSA) is 62.7 Å². The molecule has 0 radical (unpaired) electrons. The molecule has 4 nitrogen and oxygen atoms in total. The molecule has 1 aliphatic heterocycles. The highest BCUT2D eigenvalue weighted by molar-refractivity contribution is 8.06. The normalized spacial score (nSPS) is 25.6. The zero-order valence-electron chi connectivity index (χ0n) is 10.6. The quantitative estimate of drug-likeness (QED) is 0.844. The van der Waals surface area contributed by atoms with Crippen molar-refractivity contribution in [3.63, 3.8) is 0 Å². The molecule has 1 fully saturated rings. The van der Waals surface area contributed by atoms with Gasteiger partial charge in [-0.3, -0.25) is 0 Å². The van der Waals surface area contributed by atoms with Gasteiger partial charge in [0.25, 0.3) is 0 Å². The van der Waals surface area contributed by atoms with Crippen LogP contribution in [0.3, 0.4) is 0 Å². The fourth-order valence-electron chi connectivity index (χ4n) is 1.88. The average Bonchev–Trinajstić information content (AvgIpc) is 2.86. The number of hydrogen-bond donors (Lipinski definition) is 0. The van der Waals surface area contributed by atoms with Crippen LogP contribution in [0.25, 0.3) is 0 Å². The summed E-state index contributed by atoms with van der Waals surface area (Å²) in [7, 11) is 0. The van der Waals surface area contributed by atoms with E-state index >= 15 is 0 Å². The first kappa shape index (κ1) is 13.8. The standard InChI is InChI=1S/C12H17N3OS2/c1-8(4-3-5-13)12-14-11(15-16-12)10-9(2)17-6-7-18-10/h8-10H,3-4,6-7H2,1-2H3. The van der Waals surface area contributed by atoms with Gasteiger partial charge >= 0.3 is 0 Å². The van der Waals surface area contributed by atoms with E-state index in [4.69, 9.17) is 9.78 Å². The molecule has 3 unspecified atom stereocenters. The maximum absolute atomic E-state index is 8.58. The number of nitrogens with zero attached hydrogens (tertiary/aromatic N) is 3. The maximum atomic E-state index is 8.58. The number of rotatable bonds is 4. The lowest BCUT2D eigenvalue weighted by molar-refractivity contribution is 0.350. The summed E-state index contributed by atoms with van der Waals surface area (Å²) in [5, 5.41) is 13.6. The van der Waals surface area contributed by atoms with Crippen LogP contribution in [0.5, 0.6) is 0 Å². The van der Waals surface area contributed by atoms with Crippen LogP contribution in [0.4, 0.5) is 0 Å². The number of aromatic nitrogens is 2. The molecule has 18 heavy (non-hydrogen) atoms. The molecule has 0 saturated carbocycles. The van der Waals surface area contributed by atoms with Crippen LogP contribution in [0.15, 0.2) is 4.52 Å². The highest BCUT2D eigenvalue weighted by Crippen LogP contribution is 2.41. The Bertz CT molecular complexity index is 429. The SMILES string of the molecule is CC(CCC#N)c1nc(C2SCCSC2C)no1. The monoisotopic (exact) mass is 283 g/mol. The fourth-order valence-corrected chi connectivity index (χ4v) is 4.56.